The molecule has 0 aromatic heterocycles. The van der Waals surface area contributed by atoms with Gasteiger partial charge in [0.15, 0.2) is 0 Å². The Hall–Kier alpha value is -4.29. The van der Waals surface area contributed by atoms with E-state index >= 15 is 0 Å². The van der Waals surface area contributed by atoms with Gasteiger partial charge >= 0.3 is 18.2 Å². The molecule has 2 fully saturated rings. The van der Waals surface area contributed by atoms with Crippen LogP contribution in [0.25, 0.3) is 0 Å². The van der Waals surface area contributed by atoms with Gasteiger partial charge in [0.2, 0.25) is 11.8 Å². The molecule has 0 unspecified atom stereocenters. The number of hydrogen-bond acceptors (Lipinski definition) is 8. The maximum Gasteiger partial charge on any atom is 0.410 e. The van der Waals surface area contributed by atoms with E-state index in [0.717, 1.165) is 30.5 Å². The van der Waals surface area contributed by atoms with Crippen LogP contribution in [0.3, 0.4) is 0 Å². The van der Waals surface area contributed by atoms with Gasteiger partial charge in [0, 0.05) is 45.2 Å². The summed E-state index contributed by atoms with van der Waals surface area (Å²) in [6.45, 7) is 5.92. The molecule has 5 rings (SSSR count). The number of aliphatic carboxylic acids is 1. The number of nitrogens with zero attached hydrogens (tertiary/aromatic N) is 3. The van der Waals surface area contributed by atoms with Crippen molar-refractivity contribution in [1.29, 1.82) is 0 Å². The first-order valence-corrected chi connectivity index (χ1v) is 16.9. The Balaban J connectivity index is 1.36. The quantitative estimate of drug-likeness (QED) is 0.408. The summed E-state index contributed by atoms with van der Waals surface area (Å²) in [7, 11) is 3.97. The Labute approximate surface area is 282 Å². The summed E-state index contributed by atoms with van der Waals surface area (Å²) in [5.74, 6) is -2.64. The third kappa shape index (κ3) is 7.87. The number of carbonyl (C=O) groups excluding carboxylic acids is 4. The zero-order valence-corrected chi connectivity index (χ0v) is 28.6. The van der Waals surface area contributed by atoms with E-state index < -0.39 is 59.3 Å². The van der Waals surface area contributed by atoms with Gasteiger partial charge in [-0.2, -0.15) is 0 Å². The summed E-state index contributed by atoms with van der Waals surface area (Å²) in [6, 6.07) is 3.91. The van der Waals surface area contributed by atoms with Crippen LogP contribution in [0, 0.1) is 5.92 Å². The summed E-state index contributed by atoms with van der Waals surface area (Å²) >= 11 is 0. The van der Waals surface area contributed by atoms with Crippen LogP contribution in [0.1, 0.15) is 76.8 Å². The van der Waals surface area contributed by atoms with Crippen molar-refractivity contribution < 1.29 is 38.6 Å². The van der Waals surface area contributed by atoms with Gasteiger partial charge in [-0.05, 0) is 70.1 Å². The molecule has 0 radical (unpaired) electrons. The minimum absolute atomic E-state index is 0.00607. The van der Waals surface area contributed by atoms with Crippen molar-refractivity contribution in [2.75, 3.05) is 32.1 Å². The summed E-state index contributed by atoms with van der Waals surface area (Å²) in [6.07, 6.45) is 5.88. The molecule has 4 aliphatic rings. The van der Waals surface area contributed by atoms with Crippen molar-refractivity contribution >= 4 is 35.7 Å². The number of allylic oxidation sites excluding steroid dienone is 1. The van der Waals surface area contributed by atoms with Crippen LogP contribution < -0.4 is 15.5 Å². The number of hydrogen-bond donors (Lipinski definition) is 3. The molecular weight excluding hydrogens is 618 g/mol. The Morgan fingerprint density at radius 3 is 2.60 bits per heavy atom. The second-order valence-electron chi connectivity index (χ2n) is 14.6. The lowest BCUT2D eigenvalue weighted by Gasteiger charge is -2.31. The predicted molar refractivity (Wildman–Crippen MR) is 177 cm³/mol. The molecule has 5 atom stereocenters. The van der Waals surface area contributed by atoms with Crippen molar-refractivity contribution in [3.8, 4) is 0 Å². The highest BCUT2D eigenvalue weighted by Crippen LogP contribution is 2.45. The van der Waals surface area contributed by atoms with Gasteiger partial charge in [-0.1, -0.05) is 37.1 Å². The molecule has 13 nitrogen and oxygen atoms in total. The monoisotopic (exact) mass is 667 g/mol. The number of nitrogens with one attached hydrogen (secondary N) is 2. The molecule has 3 aliphatic heterocycles. The van der Waals surface area contributed by atoms with Crippen LogP contribution in [0.4, 0.5) is 15.3 Å². The van der Waals surface area contributed by atoms with Crippen molar-refractivity contribution in [2.45, 2.75) is 108 Å². The third-order valence-corrected chi connectivity index (χ3v) is 9.56. The first-order valence-electron chi connectivity index (χ1n) is 16.9. The second kappa shape index (κ2) is 14.1. The highest BCUT2D eigenvalue weighted by Gasteiger charge is 2.61. The minimum atomic E-state index is -1.46. The molecule has 1 saturated heterocycles. The molecule has 0 spiro atoms. The molecular formula is C35H49N5O8. The molecule has 3 heterocycles. The zero-order valence-electron chi connectivity index (χ0n) is 28.6. The van der Waals surface area contributed by atoms with Gasteiger partial charge in [-0.25, -0.2) is 14.4 Å². The smallest absolute Gasteiger partial charge is 0.410 e. The number of amides is 4. The number of carboxylic acids is 1. The number of alkyl carbamates (subject to hydrolysis) is 1. The summed E-state index contributed by atoms with van der Waals surface area (Å²) in [4.78, 5) is 71.6. The Bertz CT molecular complexity index is 1450. The number of benzene rings is 1. The first kappa shape index (κ1) is 35.0. The van der Waals surface area contributed by atoms with E-state index in [2.05, 4.69) is 10.6 Å². The topological polar surface area (TPSA) is 158 Å². The van der Waals surface area contributed by atoms with Gasteiger partial charge in [-0.15, -0.1) is 0 Å². The Kier molecular flexibility index (Phi) is 10.3. The van der Waals surface area contributed by atoms with E-state index in [1.807, 2.05) is 49.3 Å². The number of rotatable bonds is 4. The van der Waals surface area contributed by atoms with Crippen LogP contribution >= 0.6 is 0 Å². The van der Waals surface area contributed by atoms with E-state index in [9.17, 15) is 29.1 Å². The highest BCUT2D eigenvalue weighted by atomic mass is 16.6. The number of fused-ring (bicyclic) bond motifs is 3. The van der Waals surface area contributed by atoms with E-state index in [4.69, 9.17) is 9.47 Å². The van der Waals surface area contributed by atoms with E-state index in [1.54, 1.807) is 25.7 Å². The number of ether oxygens (including phenoxy) is 2. The summed E-state index contributed by atoms with van der Waals surface area (Å²) in [5, 5.41) is 15.5. The summed E-state index contributed by atoms with van der Waals surface area (Å²) < 4.78 is 11.4. The maximum absolute atomic E-state index is 14.2. The fourth-order valence-electron chi connectivity index (χ4n) is 6.98. The summed E-state index contributed by atoms with van der Waals surface area (Å²) in [5.41, 5.74) is 1.07. The van der Waals surface area contributed by atoms with Crippen molar-refractivity contribution in [1.82, 2.24) is 20.4 Å². The van der Waals surface area contributed by atoms with Crippen molar-refractivity contribution in [3.63, 3.8) is 0 Å². The van der Waals surface area contributed by atoms with Crippen LogP contribution in [0.5, 0.6) is 0 Å². The van der Waals surface area contributed by atoms with E-state index in [-0.39, 0.29) is 25.3 Å². The second-order valence-corrected chi connectivity index (χ2v) is 14.6. The molecule has 0 bridgehead atoms. The van der Waals surface area contributed by atoms with E-state index in [1.165, 1.54) is 10.5 Å². The molecule has 1 aromatic carbocycles. The SMILES string of the molecule is CN(C)c1cccc2c1CCN(C(=O)O[C@@H]1C[C@H]3C(=O)N[C@]4(C(=O)O)C[C@H]4/C=C\CCCCC[C@H](NC(=O)OC(C)(C)C)C(=O)N3C1)C2. The lowest BCUT2D eigenvalue weighted by atomic mass is 9.97. The molecule has 3 N–H and O–H groups in total. The van der Waals surface area contributed by atoms with Gasteiger partial charge in [0.05, 0.1) is 6.54 Å². The van der Waals surface area contributed by atoms with Gasteiger partial charge < -0.3 is 39.9 Å². The highest BCUT2D eigenvalue weighted by molar-refractivity contribution is 5.96. The lowest BCUT2D eigenvalue weighted by Crippen LogP contribution is -2.56. The van der Waals surface area contributed by atoms with Crippen LogP contribution in [-0.4, -0.2) is 101 Å². The van der Waals surface area contributed by atoms with Crippen LogP contribution in [-0.2, 0) is 36.8 Å². The number of carboxylic acid groups (broad SMARTS) is 1. The van der Waals surface area contributed by atoms with Crippen LogP contribution in [0.2, 0.25) is 0 Å². The van der Waals surface area contributed by atoms with Crippen LogP contribution in [0.15, 0.2) is 30.4 Å². The Morgan fingerprint density at radius 1 is 1.12 bits per heavy atom. The molecule has 262 valence electrons. The fourth-order valence-corrected chi connectivity index (χ4v) is 6.98. The molecule has 13 heteroatoms. The van der Waals surface area contributed by atoms with Gasteiger partial charge in [0.25, 0.3) is 0 Å². The predicted octanol–water partition coefficient (Wildman–Crippen LogP) is 3.59. The van der Waals surface area contributed by atoms with Crippen molar-refractivity contribution in [3.05, 3.63) is 41.5 Å². The number of carbonyl (C=O) groups is 5. The largest absolute Gasteiger partial charge is 0.479 e. The standard InChI is InChI=1S/C35H49N5O8/c1-34(2,3)48-32(45)36-26-14-10-8-6-7-9-13-23-19-35(23,31(43)44)37-29(41)28-18-24(21-40(28)30(26)42)47-33(46)39-17-16-25-22(20-39)12-11-15-27(25)38(4)5/h9,11-13,15,23-24,26,28H,6-8,10,14,16-21H2,1-5H3,(H,36,45)(H,37,41)(H,43,44)/b13-9-/t23-,24-,26+,28+,35-/m1/s1. The molecule has 1 aromatic rings. The molecule has 1 saturated carbocycles. The number of anilines is 1. The molecule has 1 aliphatic carbocycles. The lowest BCUT2D eigenvalue weighted by molar-refractivity contribution is -0.145. The molecule has 4 amide bonds. The fraction of sp³-hybridized carbons (Fsp3) is 0.629. The zero-order chi connectivity index (χ0) is 34.8. The van der Waals surface area contributed by atoms with E-state index in [0.29, 0.717) is 32.4 Å². The Morgan fingerprint density at radius 2 is 1.90 bits per heavy atom. The molecule has 48 heavy (non-hydrogen) atoms. The average Bonchev–Trinajstić information content (AvgIpc) is 3.55. The average molecular weight is 668 g/mol. The first-order chi connectivity index (χ1) is 22.7. The van der Waals surface area contributed by atoms with Gasteiger partial charge in [-0.3, -0.25) is 9.59 Å². The maximum atomic E-state index is 14.2. The third-order valence-electron chi connectivity index (χ3n) is 9.56. The van der Waals surface area contributed by atoms with Gasteiger partial charge in [0.1, 0.15) is 29.3 Å². The van der Waals surface area contributed by atoms with Crippen molar-refractivity contribution in [2.24, 2.45) is 5.92 Å². The minimum Gasteiger partial charge on any atom is -0.479 e. The normalized spacial score (nSPS) is 28.4.